The van der Waals surface area contributed by atoms with E-state index >= 15 is 0 Å². The van der Waals surface area contributed by atoms with E-state index in [1.54, 1.807) is 5.38 Å². The molecule has 0 saturated heterocycles. The zero-order valence-electron chi connectivity index (χ0n) is 10.2. The molecule has 19 heavy (non-hydrogen) atoms. The number of nitrogens with zero attached hydrogens (tertiary/aromatic N) is 1. The van der Waals surface area contributed by atoms with E-state index in [1.807, 2.05) is 4.72 Å². The molecule has 1 aliphatic rings. The van der Waals surface area contributed by atoms with Crippen molar-refractivity contribution in [2.24, 2.45) is 0 Å². The Morgan fingerprint density at radius 1 is 1.58 bits per heavy atom. The number of carbonyl (C=O) groups excluding carboxylic acids is 1. The van der Waals surface area contributed by atoms with Gasteiger partial charge in [0.25, 0.3) is 5.78 Å². The molecular formula is C10H12N2O5S2. The number of aliphatic hydroxyl groups is 1. The first-order chi connectivity index (χ1) is 8.80. The summed E-state index contributed by atoms with van der Waals surface area (Å²) in [6.45, 7) is 2.86. The Labute approximate surface area is 114 Å². The summed E-state index contributed by atoms with van der Waals surface area (Å²) in [5.74, 6) is -2.12. The van der Waals surface area contributed by atoms with Gasteiger partial charge in [-0.3, -0.25) is 9.52 Å². The molecule has 104 valence electrons. The number of sulfonamides is 1. The van der Waals surface area contributed by atoms with Gasteiger partial charge in [0.05, 0.1) is 5.75 Å². The molecule has 2 N–H and O–H groups in total. The molecule has 2 rings (SSSR count). The van der Waals surface area contributed by atoms with Crippen molar-refractivity contribution in [2.75, 3.05) is 5.75 Å². The molecular weight excluding hydrogens is 292 g/mol. The van der Waals surface area contributed by atoms with Crippen molar-refractivity contribution in [1.82, 2.24) is 9.71 Å². The van der Waals surface area contributed by atoms with Crippen molar-refractivity contribution in [1.29, 1.82) is 0 Å². The van der Waals surface area contributed by atoms with E-state index in [0.717, 1.165) is 0 Å². The number of carbonyl (C=O) groups is 1. The van der Waals surface area contributed by atoms with Crippen LogP contribution >= 0.6 is 11.3 Å². The monoisotopic (exact) mass is 304 g/mol. The first-order valence-electron chi connectivity index (χ1n) is 5.37. The van der Waals surface area contributed by atoms with E-state index in [2.05, 4.69) is 4.98 Å². The Morgan fingerprint density at radius 3 is 2.79 bits per heavy atom. The molecule has 0 bridgehead atoms. The number of ketones is 1. The van der Waals surface area contributed by atoms with E-state index in [9.17, 15) is 18.3 Å². The van der Waals surface area contributed by atoms with Gasteiger partial charge in [0, 0.05) is 11.6 Å². The van der Waals surface area contributed by atoms with Crippen molar-refractivity contribution < 1.29 is 23.1 Å². The number of aromatic nitrogens is 1. The number of ether oxygens (including phenoxy) is 1. The molecule has 0 aromatic carbocycles. The number of hydrogen-bond acceptors (Lipinski definition) is 7. The van der Waals surface area contributed by atoms with Crippen LogP contribution in [0.5, 0.6) is 0 Å². The van der Waals surface area contributed by atoms with E-state index in [-0.39, 0.29) is 5.75 Å². The lowest BCUT2D eigenvalue weighted by Crippen LogP contribution is -2.32. The highest BCUT2D eigenvalue weighted by Crippen LogP contribution is 2.37. The summed E-state index contributed by atoms with van der Waals surface area (Å²) in [6.07, 6.45) is 1.49. The number of aliphatic hydroxyl groups excluding tert-OH is 1. The summed E-state index contributed by atoms with van der Waals surface area (Å²) >= 11 is 1.18. The zero-order valence-corrected chi connectivity index (χ0v) is 11.8. The van der Waals surface area contributed by atoms with Gasteiger partial charge in [-0.25, -0.2) is 13.4 Å². The van der Waals surface area contributed by atoms with Crippen LogP contribution in [0.4, 0.5) is 0 Å². The van der Waals surface area contributed by atoms with Crippen LogP contribution in [0.2, 0.25) is 0 Å². The van der Waals surface area contributed by atoms with Gasteiger partial charge in [0.1, 0.15) is 5.01 Å². The van der Waals surface area contributed by atoms with E-state index < -0.39 is 33.0 Å². The molecule has 0 spiro atoms. The van der Waals surface area contributed by atoms with Crippen LogP contribution in [0.25, 0.3) is 0 Å². The summed E-state index contributed by atoms with van der Waals surface area (Å²) in [7, 11) is -3.64. The van der Waals surface area contributed by atoms with Crippen molar-refractivity contribution in [3.05, 3.63) is 28.2 Å². The molecule has 0 amide bonds. The van der Waals surface area contributed by atoms with Crippen LogP contribution in [-0.2, 0) is 25.2 Å². The van der Waals surface area contributed by atoms with Gasteiger partial charge in [-0.15, -0.1) is 11.3 Å². The Hall–Kier alpha value is -1.61. The second kappa shape index (κ2) is 4.49. The van der Waals surface area contributed by atoms with Crippen molar-refractivity contribution in [3.63, 3.8) is 0 Å². The Balaban J connectivity index is 2.33. The lowest BCUT2D eigenvalue weighted by molar-refractivity contribution is -0.131. The largest absolute Gasteiger partial charge is 0.501 e. The first-order valence-corrected chi connectivity index (χ1v) is 7.91. The lowest BCUT2D eigenvalue weighted by Gasteiger charge is -2.20. The molecule has 0 fully saturated rings. The maximum absolute atomic E-state index is 12.0. The summed E-state index contributed by atoms with van der Waals surface area (Å²) in [4.78, 5) is 16.0. The lowest BCUT2D eigenvalue weighted by atomic mass is 10.0. The number of hydrogen-bond donors (Lipinski definition) is 2. The molecule has 1 aliphatic heterocycles. The van der Waals surface area contributed by atoms with Crippen LogP contribution in [0, 0.1) is 0 Å². The van der Waals surface area contributed by atoms with Crippen LogP contribution in [-0.4, -0.2) is 30.0 Å². The molecule has 0 saturated carbocycles. The third kappa shape index (κ3) is 2.30. The standard InChI is InChI=1S/C10H12N2O5S2/c1-3-19(15,16)12-8-6(13)7(14)10(2,17-8)9-11-4-5-18-9/h4-5,12-13H,3H2,1-2H3. The van der Waals surface area contributed by atoms with Gasteiger partial charge in [0.2, 0.25) is 27.3 Å². The fourth-order valence-electron chi connectivity index (χ4n) is 1.51. The minimum atomic E-state index is -3.64. The maximum atomic E-state index is 12.0. The summed E-state index contributed by atoms with van der Waals surface area (Å²) in [5.41, 5.74) is -1.50. The molecule has 1 unspecified atom stereocenters. The number of thiazole rings is 1. The minimum Gasteiger partial charge on any atom is -0.501 e. The smallest absolute Gasteiger partial charge is 0.253 e. The Morgan fingerprint density at radius 2 is 2.26 bits per heavy atom. The molecule has 1 atom stereocenters. The van der Waals surface area contributed by atoms with Crippen LogP contribution < -0.4 is 4.72 Å². The van der Waals surface area contributed by atoms with E-state index in [0.29, 0.717) is 5.01 Å². The van der Waals surface area contributed by atoms with Crippen molar-refractivity contribution in [3.8, 4) is 0 Å². The predicted molar refractivity (Wildman–Crippen MR) is 67.8 cm³/mol. The van der Waals surface area contributed by atoms with Gasteiger partial charge >= 0.3 is 0 Å². The molecule has 1 aromatic heterocycles. The van der Waals surface area contributed by atoms with Gasteiger partial charge in [0.15, 0.2) is 0 Å². The molecule has 7 nitrogen and oxygen atoms in total. The first kappa shape index (κ1) is 13.8. The normalized spacial score (nSPS) is 23.6. The van der Waals surface area contributed by atoms with Crippen LogP contribution in [0.3, 0.4) is 0 Å². The minimum absolute atomic E-state index is 0.199. The number of nitrogens with one attached hydrogen (secondary N) is 1. The summed E-state index contributed by atoms with van der Waals surface area (Å²) in [5, 5.41) is 11.7. The van der Waals surface area contributed by atoms with Gasteiger partial charge in [-0.1, -0.05) is 0 Å². The van der Waals surface area contributed by atoms with Gasteiger partial charge in [-0.05, 0) is 13.8 Å². The molecule has 9 heteroatoms. The highest BCUT2D eigenvalue weighted by molar-refractivity contribution is 7.89. The quantitative estimate of drug-likeness (QED) is 0.845. The third-order valence-electron chi connectivity index (χ3n) is 2.64. The fourth-order valence-corrected chi connectivity index (χ4v) is 2.81. The number of rotatable bonds is 4. The Bertz CT molecular complexity index is 635. The average Bonchev–Trinajstić information content (AvgIpc) is 2.95. The van der Waals surface area contributed by atoms with Crippen molar-refractivity contribution >= 4 is 27.1 Å². The fraction of sp³-hybridized carbons (Fsp3) is 0.400. The highest BCUT2D eigenvalue weighted by atomic mass is 32.2. The summed E-state index contributed by atoms with van der Waals surface area (Å²) in [6, 6.07) is 0. The average molecular weight is 304 g/mol. The van der Waals surface area contributed by atoms with Gasteiger partial charge < -0.3 is 9.84 Å². The third-order valence-corrected chi connectivity index (χ3v) is 4.87. The van der Waals surface area contributed by atoms with E-state index in [1.165, 1.54) is 31.4 Å². The molecule has 0 radical (unpaired) electrons. The zero-order chi connectivity index (χ0) is 14.3. The summed E-state index contributed by atoms with van der Waals surface area (Å²) < 4.78 is 30.2. The molecule has 1 aromatic rings. The molecule has 0 aliphatic carbocycles. The second-order valence-corrected chi connectivity index (χ2v) is 6.89. The predicted octanol–water partition coefficient (Wildman–Crippen LogP) is 0.624. The molecule has 2 heterocycles. The topological polar surface area (TPSA) is 106 Å². The maximum Gasteiger partial charge on any atom is 0.253 e. The van der Waals surface area contributed by atoms with Crippen molar-refractivity contribution in [2.45, 2.75) is 19.4 Å². The van der Waals surface area contributed by atoms with Crippen LogP contribution in [0.1, 0.15) is 18.9 Å². The highest BCUT2D eigenvalue weighted by Gasteiger charge is 2.50. The van der Waals surface area contributed by atoms with E-state index in [4.69, 9.17) is 4.74 Å². The Kier molecular flexibility index (Phi) is 3.27. The second-order valence-electron chi connectivity index (χ2n) is 3.98. The SMILES string of the molecule is CCS(=O)(=O)NC1=C(O)C(=O)C(C)(c2nccs2)O1. The van der Waals surface area contributed by atoms with Crippen LogP contribution in [0.15, 0.2) is 23.2 Å². The van der Waals surface area contributed by atoms with Gasteiger partial charge in [-0.2, -0.15) is 0 Å². The number of Topliss-reactive ketones (excluding diaryl/α,β-unsaturated/α-hetero) is 1.